The van der Waals surface area contributed by atoms with Crippen molar-refractivity contribution in [2.24, 2.45) is 0 Å². The van der Waals surface area contributed by atoms with Gasteiger partial charge in [-0.15, -0.1) is 5.06 Å². The van der Waals surface area contributed by atoms with Crippen LogP contribution < -0.4 is 0 Å². The number of imidazole rings is 1. The topological polar surface area (TPSA) is 67.5 Å². The Hall–Kier alpha value is -3.12. The lowest BCUT2D eigenvalue weighted by molar-refractivity contribution is -0.138. The monoisotopic (exact) mass is 391 g/mol. The number of aromatic amines is 1. The van der Waals surface area contributed by atoms with Gasteiger partial charge < -0.3 is 14.6 Å². The molecule has 1 aromatic heterocycles. The van der Waals surface area contributed by atoms with Crippen molar-refractivity contribution in [1.82, 2.24) is 15.0 Å². The highest BCUT2D eigenvalue weighted by Crippen LogP contribution is 2.29. The Kier molecular flexibility index (Phi) is 5.91. The maximum Gasteiger partial charge on any atom is 0.527 e. The van der Waals surface area contributed by atoms with E-state index in [1.54, 1.807) is 12.0 Å². The number of nitrogens with one attached hydrogen (secondary N) is 1. The Morgan fingerprint density at radius 1 is 1.03 bits per heavy atom. The minimum Gasteiger partial charge on any atom is -0.433 e. The lowest BCUT2D eigenvalue weighted by atomic mass is 9.97. The van der Waals surface area contributed by atoms with Crippen molar-refractivity contribution in [3.8, 4) is 22.4 Å². The summed E-state index contributed by atoms with van der Waals surface area (Å²) in [7, 11) is 0. The molecular formula is C23H25N3O3. The normalized spacial score (nSPS) is 15.2. The highest BCUT2D eigenvalue weighted by Gasteiger charge is 2.25. The molecule has 0 saturated carbocycles. The molecule has 0 aliphatic carbocycles. The molecule has 2 aromatic carbocycles. The third kappa shape index (κ3) is 4.66. The number of H-pyrrole nitrogens is 1. The minimum atomic E-state index is -0.634. The number of carbonyl (C=O) groups is 1. The van der Waals surface area contributed by atoms with E-state index in [0.717, 1.165) is 29.9 Å². The fourth-order valence-corrected chi connectivity index (χ4v) is 3.63. The molecule has 29 heavy (non-hydrogen) atoms. The summed E-state index contributed by atoms with van der Waals surface area (Å²) < 4.78 is 4.82. The van der Waals surface area contributed by atoms with Crippen LogP contribution in [0.2, 0.25) is 0 Å². The number of aromatic nitrogens is 2. The lowest BCUT2D eigenvalue weighted by Gasteiger charge is -2.28. The largest absolute Gasteiger partial charge is 0.527 e. The number of piperidine rings is 1. The van der Waals surface area contributed by atoms with Gasteiger partial charge in [0.1, 0.15) is 5.82 Å². The summed E-state index contributed by atoms with van der Waals surface area (Å²) in [6, 6.07) is 18.8. The number of benzene rings is 2. The molecule has 3 aromatic rings. The SMILES string of the molecule is CCOC(=O)ON1CCC(c2nc(-c3ccc(-c4ccccc4)cc3)c[nH]2)CC1. The van der Waals surface area contributed by atoms with Crippen molar-refractivity contribution in [3.63, 3.8) is 0 Å². The molecular weight excluding hydrogens is 366 g/mol. The number of ether oxygens (including phenoxy) is 1. The molecule has 0 atom stereocenters. The van der Waals surface area contributed by atoms with Gasteiger partial charge in [-0.2, -0.15) is 0 Å². The van der Waals surface area contributed by atoms with Gasteiger partial charge in [0.15, 0.2) is 0 Å². The number of carbonyl (C=O) groups excluding carboxylic acids is 1. The van der Waals surface area contributed by atoms with Gasteiger partial charge in [0.05, 0.1) is 12.3 Å². The molecule has 1 N–H and O–H groups in total. The molecule has 6 heteroatoms. The average Bonchev–Trinajstić information content (AvgIpc) is 3.25. The summed E-state index contributed by atoms with van der Waals surface area (Å²) in [5.74, 6) is 1.32. The average molecular weight is 391 g/mol. The van der Waals surface area contributed by atoms with Crippen LogP contribution in [0.1, 0.15) is 31.5 Å². The first-order valence-corrected chi connectivity index (χ1v) is 10.0. The molecule has 0 bridgehead atoms. The first-order valence-electron chi connectivity index (χ1n) is 10.0. The molecule has 1 fully saturated rings. The van der Waals surface area contributed by atoms with E-state index >= 15 is 0 Å². The van der Waals surface area contributed by atoms with Crippen LogP contribution in [-0.4, -0.2) is 40.9 Å². The van der Waals surface area contributed by atoms with Crippen molar-refractivity contribution in [3.05, 3.63) is 66.6 Å². The van der Waals surface area contributed by atoms with E-state index in [0.29, 0.717) is 25.6 Å². The summed E-state index contributed by atoms with van der Waals surface area (Å²) in [5, 5.41) is 1.67. The first-order chi connectivity index (χ1) is 14.2. The van der Waals surface area contributed by atoms with E-state index in [-0.39, 0.29) is 0 Å². The van der Waals surface area contributed by atoms with Crippen molar-refractivity contribution >= 4 is 6.16 Å². The molecule has 4 rings (SSSR count). The van der Waals surface area contributed by atoms with Crippen LogP contribution in [0.3, 0.4) is 0 Å². The summed E-state index contributed by atoms with van der Waals surface area (Å²) in [6.07, 6.45) is 3.08. The van der Waals surface area contributed by atoms with Gasteiger partial charge >= 0.3 is 6.16 Å². The maximum absolute atomic E-state index is 11.4. The summed E-state index contributed by atoms with van der Waals surface area (Å²) in [5.41, 5.74) is 4.44. The second-order valence-corrected chi connectivity index (χ2v) is 7.09. The highest BCUT2D eigenvalue weighted by atomic mass is 16.8. The van der Waals surface area contributed by atoms with Crippen molar-refractivity contribution in [2.45, 2.75) is 25.7 Å². The molecule has 2 heterocycles. The van der Waals surface area contributed by atoms with E-state index in [1.807, 2.05) is 24.4 Å². The molecule has 1 aliphatic rings. The minimum absolute atomic E-state index is 0.316. The quantitative estimate of drug-likeness (QED) is 0.619. The molecule has 1 aliphatic heterocycles. The van der Waals surface area contributed by atoms with E-state index in [4.69, 9.17) is 14.6 Å². The second kappa shape index (κ2) is 8.92. The summed E-state index contributed by atoms with van der Waals surface area (Å²) in [6.45, 7) is 3.42. The van der Waals surface area contributed by atoms with E-state index in [9.17, 15) is 4.79 Å². The predicted molar refractivity (Wildman–Crippen MR) is 111 cm³/mol. The Balaban J connectivity index is 1.37. The maximum atomic E-state index is 11.4. The third-order valence-corrected chi connectivity index (χ3v) is 5.19. The molecule has 0 unspecified atom stereocenters. The smallest absolute Gasteiger partial charge is 0.433 e. The molecule has 6 nitrogen and oxygen atoms in total. The van der Waals surface area contributed by atoms with Crippen LogP contribution >= 0.6 is 0 Å². The summed E-state index contributed by atoms with van der Waals surface area (Å²) in [4.78, 5) is 24.8. The van der Waals surface area contributed by atoms with Crippen molar-refractivity contribution in [2.75, 3.05) is 19.7 Å². The van der Waals surface area contributed by atoms with Crippen LogP contribution in [0, 0.1) is 0 Å². The van der Waals surface area contributed by atoms with Gasteiger partial charge in [-0.25, -0.2) is 9.78 Å². The van der Waals surface area contributed by atoms with Crippen LogP contribution in [-0.2, 0) is 9.57 Å². The number of hydrogen-bond donors (Lipinski definition) is 1. The zero-order valence-corrected chi connectivity index (χ0v) is 16.5. The zero-order chi connectivity index (χ0) is 20.1. The van der Waals surface area contributed by atoms with Gasteiger partial charge in [0.25, 0.3) is 0 Å². The second-order valence-electron chi connectivity index (χ2n) is 7.09. The predicted octanol–water partition coefficient (Wildman–Crippen LogP) is 5.01. The Morgan fingerprint density at radius 2 is 1.69 bits per heavy atom. The number of hydrogen-bond acceptors (Lipinski definition) is 5. The first kappa shape index (κ1) is 19.2. The number of nitrogens with zero attached hydrogens (tertiary/aromatic N) is 2. The molecule has 1 saturated heterocycles. The Morgan fingerprint density at radius 3 is 2.38 bits per heavy atom. The number of rotatable bonds is 5. The summed E-state index contributed by atoms with van der Waals surface area (Å²) >= 11 is 0. The fraction of sp³-hybridized carbons (Fsp3) is 0.304. The molecule has 150 valence electrons. The van der Waals surface area contributed by atoms with E-state index in [1.165, 1.54) is 11.1 Å². The van der Waals surface area contributed by atoms with Crippen LogP contribution in [0.5, 0.6) is 0 Å². The van der Waals surface area contributed by atoms with Crippen LogP contribution in [0.4, 0.5) is 4.79 Å². The van der Waals surface area contributed by atoms with Gasteiger partial charge in [-0.1, -0.05) is 54.6 Å². The molecule has 0 radical (unpaired) electrons. The van der Waals surface area contributed by atoms with Crippen LogP contribution in [0.25, 0.3) is 22.4 Å². The van der Waals surface area contributed by atoms with Gasteiger partial charge in [-0.05, 0) is 30.9 Å². The highest BCUT2D eigenvalue weighted by molar-refractivity contribution is 5.68. The number of hydroxylamine groups is 2. The Labute approximate surface area is 170 Å². The standard InChI is InChI=1S/C23H25N3O3/c1-2-28-23(27)29-26-14-12-20(13-15-26)22-24-16-21(25-22)19-10-8-18(9-11-19)17-6-4-3-5-7-17/h3-11,16,20H,2,12-15H2,1H3,(H,24,25). The van der Waals surface area contributed by atoms with Gasteiger partial charge in [-0.3, -0.25) is 0 Å². The lowest BCUT2D eigenvalue weighted by Crippen LogP contribution is -2.35. The van der Waals surface area contributed by atoms with E-state index in [2.05, 4.69) is 41.4 Å². The van der Waals surface area contributed by atoms with Gasteiger partial charge in [0, 0.05) is 30.8 Å². The third-order valence-electron chi connectivity index (χ3n) is 5.19. The van der Waals surface area contributed by atoms with Crippen molar-refractivity contribution in [1.29, 1.82) is 0 Å². The molecule has 0 amide bonds. The fourth-order valence-electron chi connectivity index (χ4n) is 3.63. The van der Waals surface area contributed by atoms with E-state index < -0.39 is 6.16 Å². The Bertz CT molecular complexity index is 930. The zero-order valence-electron chi connectivity index (χ0n) is 16.5. The van der Waals surface area contributed by atoms with Crippen LogP contribution in [0.15, 0.2) is 60.8 Å². The van der Waals surface area contributed by atoms with Crippen molar-refractivity contribution < 1.29 is 14.4 Å². The molecule has 0 spiro atoms. The van der Waals surface area contributed by atoms with Gasteiger partial charge in [0.2, 0.25) is 0 Å².